The van der Waals surface area contributed by atoms with Crippen molar-refractivity contribution < 1.29 is 4.79 Å². The Labute approximate surface area is 114 Å². The molecule has 3 N–H and O–H groups in total. The number of rotatable bonds is 6. The lowest BCUT2D eigenvalue weighted by Gasteiger charge is -2.30. The Bertz CT molecular complexity index is 404. The van der Waals surface area contributed by atoms with Crippen LogP contribution in [0.15, 0.2) is 18.3 Å². The van der Waals surface area contributed by atoms with Crippen LogP contribution >= 0.6 is 0 Å². The van der Waals surface area contributed by atoms with E-state index in [-0.39, 0.29) is 11.9 Å². The van der Waals surface area contributed by atoms with Crippen LogP contribution in [-0.4, -0.2) is 53.9 Å². The normalized spacial score (nSPS) is 12.3. The highest BCUT2D eigenvalue weighted by molar-refractivity contribution is 5.94. The van der Waals surface area contributed by atoms with Gasteiger partial charge in [0.2, 0.25) is 0 Å². The number of aromatic nitrogens is 1. The van der Waals surface area contributed by atoms with Crippen molar-refractivity contribution in [1.82, 2.24) is 14.8 Å². The summed E-state index contributed by atoms with van der Waals surface area (Å²) < 4.78 is 0. The fourth-order valence-corrected chi connectivity index (χ4v) is 2.05. The van der Waals surface area contributed by atoms with Gasteiger partial charge in [0.1, 0.15) is 5.82 Å². The summed E-state index contributed by atoms with van der Waals surface area (Å²) >= 11 is 0. The average Bonchev–Trinajstić information content (AvgIpc) is 2.38. The molecule has 1 heterocycles. The number of likely N-dealkylation sites (N-methyl/N-ethyl adjacent to an activating group) is 2. The summed E-state index contributed by atoms with van der Waals surface area (Å²) in [6.07, 6.45) is 1.54. The predicted octanol–water partition coefficient (Wildman–Crippen LogP) is 0.779. The van der Waals surface area contributed by atoms with Crippen LogP contribution in [0.4, 0.5) is 5.82 Å². The quantitative estimate of drug-likeness (QED) is 0.587. The molecule has 106 valence electrons. The first-order valence-electron chi connectivity index (χ1n) is 6.38. The molecule has 1 aromatic rings. The van der Waals surface area contributed by atoms with Gasteiger partial charge in [0.25, 0.3) is 5.91 Å². The predicted molar refractivity (Wildman–Crippen MR) is 76.8 cm³/mol. The minimum Gasteiger partial charge on any atom is -0.335 e. The zero-order valence-corrected chi connectivity index (χ0v) is 12.1. The molecule has 1 aromatic heterocycles. The van der Waals surface area contributed by atoms with Crippen LogP contribution in [0.5, 0.6) is 0 Å². The summed E-state index contributed by atoms with van der Waals surface area (Å²) in [6.45, 7) is 5.53. The molecule has 0 radical (unpaired) electrons. The van der Waals surface area contributed by atoms with Crippen molar-refractivity contribution in [2.24, 2.45) is 5.84 Å². The maximum atomic E-state index is 12.4. The van der Waals surface area contributed by atoms with Gasteiger partial charge < -0.3 is 15.2 Å². The molecule has 6 nitrogen and oxygen atoms in total. The number of carbonyl (C=O) groups excluding carboxylic acids is 1. The number of nitrogen functional groups attached to an aromatic ring is 1. The van der Waals surface area contributed by atoms with Crippen LogP contribution in [0.3, 0.4) is 0 Å². The fourth-order valence-electron chi connectivity index (χ4n) is 2.05. The van der Waals surface area contributed by atoms with Crippen molar-refractivity contribution in [3.63, 3.8) is 0 Å². The highest BCUT2D eigenvalue weighted by atomic mass is 16.2. The molecular formula is C13H23N5O. The molecule has 19 heavy (non-hydrogen) atoms. The molecule has 0 aliphatic rings. The Morgan fingerprint density at radius 1 is 1.47 bits per heavy atom. The maximum absolute atomic E-state index is 12.4. The number of hydrazine groups is 1. The molecule has 1 amide bonds. The minimum atomic E-state index is -0.00655. The molecular weight excluding hydrogens is 242 g/mol. The first-order valence-corrected chi connectivity index (χ1v) is 6.38. The van der Waals surface area contributed by atoms with Gasteiger partial charge in [0, 0.05) is 25.3 Å². The Morgan fingerprint density at radius 3 is 2.58 bits per heavy atom. The van der Waals surface area contributed by atoms with E-state index in [0.29, 0.717) is 17.9 Å². The van der Waals surface area contributed by atoms with Gasteiger partial charge in [-0.2, -0.15) is 0 Å². The minimum absolute atomic E-state index is 0.00655. The molecule has 0 spiro atoms. The first-order chi connectivity index (χ1) is 8.99. The largest absolute Gasteiger partial charge is 0.335 e. The van der Waals surface area contributed by atoms with Crippen molar-refractivity contribution in [2.45, 2.75) is 19.9 Å². The van der Waals surface area contributed by atoms with Crippen molar-refractivity contribution in [1.29, 1.82) is 0 Å². The second-order valence-electron chi connectivity index (χ2n) is 4.78. The van der Waals surface area contributed by atoms with Crippen LogP contribution in [0, 0.1) is 0 Å². The van der Waals surface area contributed by atoms with E-state index in [1.54, 1.807) is 18.3 Å². The number of hydrogen-bond acceptors (Lipinski definition) is 5. The summed E-state index contributed by atoms with van der Waals surface area (Å²) in [5.74, 6) is 5.79. The Balaban J connectivity index is 2.82. The highest BCUT2D eigenvalue weighted by Crippen LogP contribution is 2.10. The van der Waals surface area contributed by atoms with E-state index in [9.17, 15) is 4.79 Å². The van der Waals surface area contributed by atoms with Gasteiger partial charge in [0.05, 0.1) is 5.56 Å². The van der Waals surface area contributed by atoms with Crippen LogP contribution in [0.2, 0.25) is 0 Å². The Kier molecular flexibility index (Phi) is 5.72. The Hall–Kier alpha value is -1.66. The molecule has 0 aliphatic carbocycles. The smallest absolute Gasteiger partial charge is 0.255 e. The SMILES string of the molecule is CCN(C(=O)c1ccc(NN)nc1)C(C)CN(C)C. The van der Waals surface area contributed by atoms with Crippen LogP contribution in [0.25, 0.3) is 0 Å². The van der Waals surface area contributed by atoms with E-state index >= 15 is 0 Å². The molecule has 6 heteroatoms. The topological polar surface area (TPSA) is 74.5 Å². The lowest BCUT2D eigenvalue weighted by atomic mass is 10.2. The second kappa shape index (κ2) is 7.06. The standard InChI is InChI=1S/C13H23N5O/c1-5-18(10(2)9-17(3)4)13(19)11-6-7-12(16-14)15-8-11/h6-8,10H,5,9,14H2,1-4H3,(H,15,16). The summed E-state index contributed by atoms with van der Waals surface area (Å²) in [7, 11) is 4.00. The molecule has 0 saturated heterocycles. The van der Waals surface area contributed by atoms with Crippen molar-refractivity contribution in [3.05, 3.63) is 23.9 Å². The zero-order chi connectivity index (χ0) is 14.4. The van der Waals surface area contributed by atoms with E-state index < -0.39 is 0 Å². The number of carbonyl (C=O) groups is 1. The summed E-state index contributed by atoms with van der Waals surface area (Å²) in [5.41, 5.74) is 3.02. The Morgan fingerprint density at radius 2 is 2.16 bits per heavy atom. The summed E-state index contributed by atoms with van der Waals surface area (Å²) in [4.78, 5) is 20.4. The molecule has 0 saturated carbocycles. The zero-order valence-electron chi connectivity index (χ0n) is 12.1. The van der Waals surface area contributed by atoms with Gasteiger partial charge in [-0.15, -0.1) is 0 Å². The van der Waals surface area contributed by atoms with E-state index in [1.165, 1.54) is 0 Å². The van der Waals surface area contributed by atoms with Crippen LogP contribution < -0.4 is 11.3 Å². The third-order valence-electron chi connectivity index (χ3n) is 2.92. The number of pyridine rings is 1. The van der Waals surface area contributed by atoms with Gasteiger partial charge in [-0.1, -0.05) is 0 Å². The van der Waals surface area contributed by atoms with Gasteiger partial charge in [-0.3, -0.25) is 4.79 Å². The van der Waals surface area contributed by atoms with E-state index in [1.807, 2.05) is 32.8 Å². The molecule has 1 unspecified atom stereocenters. The van der Waals surface area contributed by atoms with E-state index in [0.717, 1.165) is 6.54 Å². The monoisotopic (exact) mass is 265 g/mol. The van der Waals surface area contributed by atoms with Crippen molar-refractivity contribution in [3.8, 4) is 0 Å². The lowest BCUT2D eigenvalue weighted by Crippen LogP contribution is -2.43. The average molecular weight is 265 g/mol. The second-order valence-corrected chi connectivity index (χ2v) is 4.78. The molecule has 1 rings (SSSR count). The number of nitrogens with one attached hydrogen (secondary N) is 1. The molecule has 0 aliphatic heterocycles. The number of nitrogens with zero attached hydrogens (tertiary/aromatic N) is 3. The van der Waals surface area contributed by atoms with Crippen LogP contribution in [-0.2, 0) is 0 Å². The highest BCUT2D eigenvalue weighted by Gasteiger charge is 2.20. The van der Waals surface area contributed by atoms with Crippen molar-refractivity contribution >= 4 is 11.7 Å². The van der Waals surface area contributed by atoms with Crippen LogP contribution in [0.1, 0.15) is 24.2 Å². The number of nitrogens with two attached hydrogens (primary N) is 1. The third-order valence-corrected chi connectivity index (χ3v) is 2.92. The number of hydrogen-bond donors (Lipinski definition) is 2. The number of anilines is 1. The summed E-state index contributed by atoms with van der Waals surface area (Å²) in [5, 5.41) is 0. The van der Waals surface area contributed by atoms with Gasteiger partial charge >= 0.3 is 0 Å². The third kappa shape index (κ3) is 4.18. The van der Waals surface area contributed by atoms with E-state index in [2.05, 4.69) is 15.3 Å². The fraction of sp³-hybridized carbons (Fsp3) is 0.538. The summed E-state index contributed by atoms with van der Waals surface area (Å²) in [6, 6.07) is 3.58. The molecule has 0 fully saturated rings. The first kappa shape index (κ1) is 15.4. The maximum Gasteiger partial charge on any atom is 0.255 e. The van der Waals surface area contributed by atoms with E-state index in [4.69, 9.17) is 5.84 Å². The lowest BCUT2D eigenvalue weighted by molar-refractivity contribution is 0.0678. The molecule has 1 atom stereocenters. The van der Waals surface area contributed by atoms with Gasteiger partial charge in [-0.25, -0.2) is 10.8 Å². The number of amides is 1. The van der Waals surface area contributed by atoms with Gasteiger partial charge in [0.15, 0.2) is 0 Å². The van der Waals surface area contributed by atoms with Gasteiger partial charge in [-0.05, 0) is 40.1 Å². The van der Waals surface area contributed by atoms with Crippen molar-refractivity contribution in [2.75, 3.05) is 32.6 Å². The molecule has 0 aromatic carbocycles. The molecule has 0 bridgehead atoms.